The lowest BCUT2D eigenvalue weighted by molar-refractivity contribution is 1.68. The fourth-order valence-electron chi connectivity index (χ4n) is 11.0. The summed E-state index contributed by atoms with van der Waals surface area (Å²) in [7, 11) is 0. The van der Waals surface area contributed by atoms with Gasteiger partial charge in [-0.1, -0.05) is 212 Å². The molecule has 310 valence electrons. The Balaban J connectivity index is 1.34. The maximum absolute atomic E-state index is 6.96. The number of hydrogen-bond donors (Lipinski definition) is 0. The van der Waals surface area contributed by atoms with Crippen LogP contribution >= 0.6 is 33.2 Å². The molecule has 0 spiro atoms. The van der Waals surface area contributed by atoms with Gasteiger partial charge < -0.3 is 0 Å². The van der Waals surface area contributed by atoms with Crippen molar-refractivity contribution in [1.29, 1.82) is 0 Å². The number of halogens is 3. The van der Waals surface area contributed by atoms with Crippen molar-refractivity contribution in [3.8, 4) is 44.5 Å². The van der Waals surface area contributed by atoms with Gasteiger partial charge in [0.15, 0.2) is 0 Å². The van der Waals surface area contributed by atoms with E-state index >= 15 is 0 Å². The lowest BCUT2D eigenvalue weighted by Gasteiger charge is -2.24. The maximum atomic E-state index is 6.96. The van der Waals surface area contributed by atoms with Crippen LogP contribution in [0.15, 0.2) is 224 Å². The molecule has 0 nitrogen and oxygen atoms in total. The van der Waals surface area contributed by atoms with Crippen LogP contribution in [0.3, 0.4) is 0 Å². The van der Waals surface area contributed by atoms with Gasteiger partial charge in [-0.15, -0.1) is 33.2 Å². The van der Waals surface area contributed by atoms with Gasteiger partial charge in [-0.05, 0) is 148 Å². The molecule has 13 aromatic rings. The van der Waals surface area contributed by atoms with Crippen LogP contribution in [0.2, 0.25) is 0 Å². The summed E-state index contributed by atoms with van der Waals surface area (Å²) in [6, 6.07) is 78.9. The summed E-state index contributed by atoms with van der Waals surface area (Å²) in [4.78, 5) is 0. The fourth-order valence-corrected chi connectivity index (χ4v) is 12.6. The van der Waals surface area contributed by atoms with Gasteiger partial charge in [-0.3, -0.25) is 0 Å². The highest BCUT2D eigenvalue weighted by Crippen LogP contribution is 2.52. The van der Waals surface area contributed by atoms with E-state index in [9.17, 15) is 0 Å². The van der Waals surface area contributed by atoms with E-state index in [4.69, 9.17) is 33.2 Å². The standard InChI is InChI=1S/C62H37Cl3Si/c63-66(64,65)42-33-34-53-54(35-42)62(50-32-14-22-41-18-4-8-26-46(41)50)58-37-56-55(36-57(58)61(53)49-31-13-21-40-17-3-7-25-45(40)49)59(47-29-11-19-38-15-1-5-23-43(38)47)51-27-9-10-28-52(51)60(56)48-30-12-20-39-16-2-6-24-44(39)48/h1-37H. The smallest absolute Gasteiger partial charge is 0.121 e. The second-order valence-electron chi connectivity index (χ2n) is 17.4. The van der Waals surface area contributed by atoms with Crippen LogP contribution in [0.1, 0.15) is 0 Å². The van der Waals surface area contributed by atoms with Crippen LogP contribution in [0.5, 0.6) is 0 Å². The van der Waals surface area contributed by atoms with Crippen LogP contribution in [-0.2, 0) is 0 Å². The summed E-state index contributed by atoms with van der Waals surface area (Å²) in [5.74, 6) is 0. The van der Waals surface area contributed by atoms with E-state index in [0.717, 1.165) is 49.0 Å². The molecule has 0 heterocycles. The van der Waals surface area contributed by atoms with Crippen LogP contribution in [0.4, 0.5) is 0 Å². The highest BCUT2D eigenvalue weighted by Gasteiger charge is 2.30. The van der Waals surface area contributed by atoms with Gasteiger partial charge in [0.05, 0.1) is 0 Å². The zero-order valence-corrected chi connectivity index (χ0v) is 38.8. The Morgan fingerprint density at radius 2 is 0.470 bits per heavy atom. The van der Waals surface area contributed by atoms with Gasteiger partial charge in [0.1, 0.15) is 0 Å². The third-order valence-corrected chi connectivity index (χ3v) is 16.8. The molecule has 0 atom stereocenters. The first-order valence-electron chi connectivity index (χ1n) is 22.3. The quantitative estimate of drug-likeness (QED) is 0.0917. The average molecular weight is 916 g/mol. The molecule has 66 heavy (non-hydrogen) atoms. The summed E-state index contributed by atoms with van der Waals surface area (Å²) in [6.07, 6.45) is 0. The molecule has 13 aromatic carbocycles. The molecule has 0 radical (unpaired) electrons. The van der Waals surface area contributed by atoms with Crippen molar-refractivity contribution >= 4 is 131 Å². The zero-order chi connectivity index (χ0) is 44.1. The molecule has 0 aliphatic carbocycles. The van der Waals surface area contributed by atoms with Crippen molar-refractivity contribution in [3.63, 3.8) is 0 Å². The summed E-state index contributed by atoms with van der Waals surface area (Å²) in [6.45, 7) is 0. The average Bonchev–Trinajstić information content (AvgIpc) is 3.36. The molecule has 0 fully saturated rings. The fraction of sp³-hybridized carbons (Fsp3) is 0. The molecular formula is C62H37Cl3Si. The molecule has 0 aliphatic rings. The van der Waals surface area contributed by atoms with Gasteiger partial charge >= 0.3 is 6.00 Å². The van der Waals surface area contributed by atoms with Gasteiger partial charge in [0.25, 0.3) is 0 Å². The Hall–Kier alpha value is -6.97. The van der Waals surface area contributed by atoms with Crippen molar-refractivity contribution in [1.82, 2.24) is 0 Å². The Labute approximate surface area is 397 Å². The van der Waals surface area contributed by atoms with E-state index < -0.39 is 6.00 Å². The molecule has 0 saturated heterocycles. The molecule has 0 bridgehead atoms. The number of rotatable bonds is 5. The van der Waals surface area contributed by atoms with Crippen LogP contribution in [-0.4, -0.2) is 6.00 Å². The summed E-state index contributed by atoms with van der Waals surface area (Å²) in [5.41, 5.74) is 9.41. The highest BCUT2D eigenvalue weighted by molar-refractivity contribution is 7.69. The lowest BCUT2D eigenvalue weighted by atomic mass is 9.79. The Kier molecular flexibility index (Phi) is 9.14. The first kappa shape index (κ1) is 39.4. The largest absolute Gasteiger partial charge is 0.372 e. The van der Waals surface area contributed by atoms with Crippen molar-refractivity contribution < 1.29 is 0 Å². The van der Waals surface area contributed by atoms with E-state index in [1.54, 1.807) is 0 Å². The van der Waals surface area contributed by atoms with Crippen molar-refractivity contribution in [2.24, 2.45) is 0 Å². The maximum Gasteiger partial charge on any atom is 0.372 e. The molecule has 4 heteroatoms. The summed E-state index contributed by atoms with van der Waals surface area (Å²) in [5, 5.41) is 19.5. The zero-order valence-electron chi connectivity index (χ0n) is 35.5. The van der Waals surface area contributed by atoms with Gasteiger partial charge in [-0.2, -0.15) is 0 Å². The minimum atomic E-state index is -3.34. The van der Waals surface area contributed by atoms with Crippen molar-refractivity contribution in [3.05, 3.63) is 224 Å². The minimum absolute atomic E-state index is 0.756. The van der Waals surface area contributed by atoms with Gasteiger partial charge in [0, 0.05) is 0 Å². The van der Waals surface area contributed by atoms with Gasteiger partial charge in [0.2, 0.25) is 0 Å². The van der Waals surface area contributed by atoms with Crippen LogP contribution in [0, 0.1) is 0 Å². The summed E-state index contributed by atoms with van der Waals surface area (Å²) < 4.78 is 0. The number of hydrogen-bond acceptors (Lipinski definition) is 0. The van der Waals surface area contributed by atoms with E-state index in [1.165, 1.54) is 86.9 Å². The second kappa shape index (κ2) is 15.3. The second-order valence-corrected chi connectivity index (χ2v) is 25.8. The van der Waals surface area contributed by atoms with Gasteiger partial charge in [-0.25, -0.2) is 0 Å². The third-order valence-electron chi connectivity index (χ3n) is 13.8. The monoisotopic (exact) mass is 914 g/mol. The molecule has 0 N–H and O–H groups in total. The van der Waals surface area contributed by atoms with E-state index in [-0.39, 0.29) is 0 Å². The lowest BCUT2D eigenvalue weighted by Crippen LogP contribution is -2.29. The van der Waals surface area contributed by atoms with E-state index in [1.807, 2.05) is 6.07 Å². The Bertz CT molecular complexity index is 4140. The van der Waals surface area contributed by atoms with Crippen LogP contribution < -0.4 is 5.19 Å². The molecule has 0 amide bonds. The molecule has 0 saturated carbocycles. The topological polar surface area (TPSA) is 0 Å². The molecule has 0 aliphatic heterocycles. The van der Waals surface area contributed by atoms with Crippen LogP contribution in [0.25, 0.3) is 131 Å². The van der Waals surface area contributed by atoms with E-state index in [0.29, 0.717) is 0 Å². The molecule has 13 rings (SSSR count). The molecule has 0 aromatic heterocycles. The SMILES string of the molecule is Cl[Si](Cl)(Cl)c1ccc2c(-c3cccc4ccccc34)c3cc4c(-c5cccc6ccccc56)c5ccccc5c(-c5cccc6ccccc56)c4cc3c(-c3cccc4ccccc34)c2c1. The third kappa shape index (κ3) is 6.12. The normalized spacial score (nSPS) is 12.2. The predicted molar refractivity (Wildman–Crippen MR) is 291 cm³/mol. The van der Waals surface area contributed by atoms with E-state index in [2.05, 4.69) is 218 Å². The number of fused-ring (bicyclic) bond motifs is 8. The molecular weight excluding hydrogens is 879 g/mol. The highest BCUT2D eigenvalue weighted by atomic mass is 35.8. The van der Waals surface area contributed by atoms with Crippen molar-refractivity contribution in [2.45, 2.75) is 0 Å². The first-order valence-corrected chi connectivity index (χ1v) is 27.4. The Morgan fingerprint density at radius 1 is 0.212 bits per heavy atom. The first-order chi connectivity index (χ1) is 32.4. The Morgan fingerprint density at radius 3 is 0.803 bits per heavy atom. The molecule has 0 unspecified atom stereocenters. The summed E-state index contributed by atoms with van der Waals surface area (Å²) >= 11 is 20.9. The van der Waals surface area contributed by atoms with Crippen molar-refractivity contribution in [2.75, 3.05) is 0 Å². The predicted octanol–water partition coefficient (Wildman–Crippen LogP) is 18.4. The number of benzene rings is 13. The minimum Gasteiger partial charge on any atom is -0.121 e.